The van der Waals surface area contributed by atoms with Gasteiger partial charge in [-0.05, 0) is 36.1 Å². The Kier molecular flexibility index (Phi) is 4.73. The standard InChI is InChI=1S/C21H13F3N2OS/c22-15-5-2-1-4-11(15)12-8-13(12)20(27)14(9-25)21-26-18(10-28-21)19-16(23)6-3-7-17(19)24/h1-7,10,12-14H,8H2/t12-,13+,14-/m1/s1. The third kappa shape index (κ3) is 3.20. The summed E-state index contributed by atoms with van der Waals surface area (Å²) in [4.78, 5) is 16.9. The van der Waals surface area contributed by atoms with E-state index < -0.39 is 23.5 Å². The highest BCUT2D eigenvalue weighted by Gasteiger charge is 2.48. The van der Waals surface area contributed by atoms with Gasteiger partial charge in [-0.1, -0.05) is 24.3 Å². The van der Waals surface area contributed by atoms with E-state index in [4.69, 9.17) is 0 Å². The number of benzene rings is 2. The van der Waals surface area contributed by atoms with Crippen molar-refractivity contribution in [1.29, 1.82) is 5.26 Å². The van der Waals surface area contributed by atoms with Crippen molar-refractivity contribution in [1.82, 2.24) is 4.98 Å². The molecule has 0 bridgehead atoms. The molecule has 7 heteroatoms. The highest BCUT2D eigenvalue weighted by molar-refractivity contribution is 7.10. The highest BCUT2D eigenvalue weighted by Crippen LogP contribution is 2.51. The number of hydrogen-bond acceptors (Lipinski definition) is 4. The first-order valence-electron chi connectivity index (χ1n) is 8.58. The van der Waals surface area contributed by atoms with Crippen LogP contribution in [-0.2, 0) is 4.79 Å². The molecule has 1 saturated carbocycles. The highest BCUT2D eigenvalue weighted by atomic mass is 32.1. The predicted molar refractivity (Wildman–Crippen MR) is 98.1 cm³/mol. The molecule has 140 valence electrons. The van der Waals surface area contributed by atoms with Crippen LogP contribution in [0.1, 0.15) is 28.8 Å². The molecule has 28 heavy (non-hydrogen) atoms. The first kappa shape index (κ1) is 18.4. The molecule has 0 radical (unpaired) electrons. The fourth-order valence-electron chi connectivity index (χ4n) is 3.36. The Balaban J connectivity index is 1.58. The number of carbonyl (C=O) groups is 1. The summed E-state index contributed by atoms with van der Waals surface area (Å²) in [6, 6.07) is 11.7. The van der Waals surface area contributed by atoms with E-state index in [-0.39, 0.29) is 33.8 Å². The molecular formula is C21H13F3N2OS. The third-order valence-electron chi connectivity index (χ3n) is 4.86. The number of ketones is 1. The van der Waals surface area contributed by atoms with E-state index in [9.17, 15) is 23.2 Å². The second-order valence-electron chi connectivity index (χ2n) is 6.60. The smallest absolute Gasteiger partial charge is 0.160 e. The van der Waals surface area contributed by atoms with Crippen LogP contribution in [0.3, 0.4) is 0 Å². The number of hydrogen-bond donors (Lipinski definition) is 0. The normalized spacial score (nSPS) is 19.1. The lowest BCUT2D eigenvalue weighted by Crippen LogP contribution is -2.14. The summed E-state index contributed by atoms with van der Waals surface area (Å²) < 4.78 is 41.9. The Morgan fingerprint density at radius 3 is 2.46 bits per heavy atom. The van der Waals surface area contributed by atoms with Gasteiger partial charge in [-0.2, -0.15) is 5.26 Å². The molecule has 4 rings (SSSR count). The van der Waals surface area contributed by atoms with Crippen LogP contribution in [0, 0.1) is 34.7 Å². The molecule has 1 fully saturated rings. The number of halogens is 3. The summed E-state index contributed by atoms with van der Waals surface area (Å²) in [5.41, 5.74) is 0.223. The van der Waals surface area contributed by atoms with Crippen molar-refractivity contribution in [2.24, 2.45) is 5.92 Å². The molecule has 2 aromatic carbocycles. The van der Waals surface area contributed by atoms with Crippen LogP contribution in [0.2, 0.25) is 0 Å². The van der Waals surface area contributed by atoms with Gasteiger partial charge in [0, 0.05) is 11.3 Å². The SMILES string of the molecule is N#C[C@H](C(=O)[C@H]1C[C@@H]1c1ccccc1F)c1nc(-c2c(F)cccc2F)cs1. The minimum atomic E-state index is -1.14. The maximum absolute atomic E-state index is 14.0. The maximum atomic E-state index is 14.0. The molecule has 0 amide bonds. The summed E-state index contributed by atoms with van der Waals surface area (Å²) >= 11 is 1.01. The summed E-state index contributed by atoms with van der Waals surface area (Å²) in [6.07, 6.45) is 0.470. The van der Waals surface area contributed by atoms with Crippen LogP contribution in [0.4, 0.5) is 13.2 Å². The van der Waals surface area contributed by atoms with Crippen molar-refractivity contribution >= 4 is 17.1 Å². The molecule has 3 atom stereocenters. The van der Waals surface area contributed by atoms with Gasteiger partial charge in [0.2, 0.25) is 0 Å². The maximum Gasteiger partial charge on any atom is 0.160 e. The Morgan fingerprint density at radius 2 is 1.79 bits per heavy atom. The van der Waals surface area contributed by atoms with Crippen molar-refractivity contribution in [3.8, 4) is 17.3 Å². The van der Waals surface area contributed by atoms with Gasteiger partial charge in [-0.15, -0.1) is 11.3 Å². The second kappa shape index (κ2) is 7.21. The molecule has 0 unspecified atom stereocenters. The summed E-state index contributed by atoms with van der Waals surface area (Å²) in [5, 5.41) is 11.1. The van der Waals surface area contributed by atoms with Crippen molar-refractivity contribution < 1.29 is 18.0 Å². The van der Waals surface area contributed by atoms with Crippen LogP contribution in [0.5, 0.6) is 0 Å². The molecule has 3 nitrogen and oxygen atoms in total. The number of rotatable bonds is 5. The lowest BCUT2D eigenvalue weighted by Gasteiger charge is -2.06. The Labute approximate surface area is 163 Å². The fraction of sp³-hybridized carbons (Fsp3) is 0.190. The first-order valence-corrected chi connectivity index (χ1v) is 9.46. The molecule has 1 aliphatic rings. The van der Waals surface area contributed by atoms with Crippen molar-refractivity contribution in [3.05, 3.63) is 75.9 Å². The largest absolute Gasteiger partial charge is 0.297 e. The van der Waals surface area contributed by atoms with E-state index >= 15 is 0 Å². The van der Waals surface area contributed by atoms with Gasteiger partial charge in [0.25, 0.3) is 0 Å². The number of nitriles is 1. The van der Waals surface area contributed by atoms with E-state index in [1.165, 1.54) is 17.5 Å². The number of nitrogens with zero attached hydrogens (tertiary/aromatic N) is 2. The Hall–Kier alpha value is -2.98. The number of Topliss-reactive ketones (excluding diaryl/α,β-unsaturated/α-hetero) is 1. The van der Waals surface area contributed by atoms with Gasteiger partial charge in [0.1, 0.15) is 22.5 Å². The Morgan fingerprint density at radius 1 is 1.11 bits per heavy atom. The number of thiazole rings is 1. The van der Waals surface area contributed by atoms with Crippen LogP contribution >= 0.6 is 11.3 Å². The fourth-order valence-corrected chi connectivity index (χ4v) is 4.22. The molecule has 1 heterocycles. The second-order valence-corrected chi connectivity index (χ2v) is 7.49. The quantitative estimate of drug-likeness (QED) is 0.593. The van der Waals surface area contributed by atoms with Gasteiger partial charge in [-0.25, -0.2) is 18.2 Å². The van der Waals surface area contributed by atoms with Gasteiger partial charge < -0.3 is 0 Å². The van der Waals surface area contributed by atoms with E-state index in [1.54, 1.807) is 18.2 Å². The lowest BCUT2D eigenvalue weighted by atomic mass is 9.99. The molecular weight excluding hydrogens is 385 g/mol. The zero-order chi connectivity index (χ0) is 19.8. The average Bonchev–Trinajstić information content (AvgIpc) is 3.33. The summed E-state index contributed by atoms with van der Waals surface area (Å²) in [7, 11) is 0. The van der Waals surface area contributed by atoms with Gasteiger partial charge in [0.05, 0.1) is 17.3 Å². The van der Waals surface area contributed by atoms with E-state index in [0.717, 1.165) is 23.5 Å². The topological polar surface area (TPSA) is 53.8 Å². The average molecular weight is 398 g/mol. The zero-order valence-electron chi connectivity index (χ0n) is 14.4. The first-order chi connectivity index (χ1) is 13.5. The molecule has 3 aromatic rings. The van der Waals surface area contributed by atoms with Gasteiger partial charge in [0.15, 0.2) is 11.7 Å². The number of aromatic nitrogens is 1. The molecule has 1 aromatic heterocycles. The Bertz CT molecular complexity index is 1080. The minimum absolute atomic E-state index is 0.0464. The summed E-state index contributed by atoms with van der Waals surface area (Å²) in [5.74, 6) is -4.10. The summed E-state index contributed by atoms with van der Waals surface area (Å²) in [6.45, 7) is 0. The van der Waals surface area contributed by atoms with Crippen molar-refractivity contribution in [2.75, 3.05) is 0 Å². The van der Waals surface area contributed by atoms with E-state index in [1.807, 2.05) is 6.07 Å². The van der Waals surface area contributed by atoms with Crippen molar-refractivity contribution in [2.45, 2.75) is 18.3 Å². The van der Waals surface area contributed by atoms with Crippen LogP contribution in [-0.4, -0.2) is 10.8 Å². The third-order valence-corrected chi connectivity index (χ3v) is 5.77. The zero-order valence-corrected chi connectivity index (χ0v) is 15.2. The number of carbonyl (C=O) groups excluding carboxylic acids is 1. The predicted octanol–water partition coefficient (Wildman–Crippen LogP) is 5.21. The van der Waals surface area contributed by atoms with E-state index in [0.29, 0.717) is 12.0 Å². The van der Waals surface area contributed by atoms with Crippen LogP contribution < -0.4 is 0 Å². The van der Waals surface area contributed by atoms with Crippen LogP contribution in [0.25, 0.3) is 11.3 Å². The van der Waals surface area contributed by atoms with Gasteiger partial charge >= 0.3 is 0 Å². The minimum Gasteiger partial charge on any atom is -0.297 e. The van der Waals surface area contributed by atoms with E-state index in [2.05, 4.69) is 4.98 Å². The molecule has 1 aliphatic carbocycles. The van der Waals surface area contributed by atoms with Gasteiger partial charge in [-0.3, -0.25) is 4.79 Å². The molecule has 0 spiro atoms. The molecule has 0 saturated heterocycles. The molecule has 0 aliphatic heterocycles. The van der Waals surface area contributed by atoms with Crippen molar-refractivity contribution in [3.63, 3.8) is 0 Å². The molecule has 0 N–H and O–H groups in total. The monoisotopic (exact) mass is 398 g/mol. The lowest BCUT2D eigenvalue weighted by molar-refractivity contribution is -0.120. The van der Waals surface area contributed by atoms with Crippen LogP contribution in [0.15, 0.2) is 47.8 Å².